The molecule has 0 spiro atoms. The molecule has 0 unspecified atom stereocenters. The fraction of sp³-hybridized carbons (Fsp3) is 0.348. The summed E-state index contributed by atoms with van der Waals surface area (Å²) in [6, 6.07) is 10.2. The van der Waals surface area contributed by atoms with E-state index in [9.17, 15) is 17.9 Å². The number of allylic oxidation sites excluding steroid dienone is 1. The van der Waals surface area contributed by atoms with Gasteiger partial charge in [0.25, 0.3) is 0 Å². The second kappa shape index (κ2) is 11.6. The van der Waals surface area contributed by atoms with E-state index >= 15 is 0 Å². The van der Waals surface area contributed by atoms with Crippen LogP contribution in [0.15, 0.2) is 59.4 Å². The first-order chi connectivity index (χ1) is 15.0. The van der Waals surface area contributed by atoms with Crippen molar-refractivity contribution in [3.05, 3.63) is 71.3 Å². The predicted molar refractivity (Wildman–Crippen MR) is 138 cm³/mol. The maximum atomic E-state index is 14.4. The topological polar surface area (TPSA) is 101 Å². The third-order valence-electron chi connectivity index (χ3n) is 5.23. The largest absolute Gasteiger partial charge is 0.384 e. The zero-order valence-corrected chi connectivity index (χ0v) is 22.0. The van der Waals surface area contributed by atoms with E-state index in [1.807, 2.05) is 6.07 Å². The van der Waals surface area contributed by atoms with Gasteiger partial charge in [0.05, 0.1) is 33.8 Å². The van der Waals surface area contributed by atoms with Gasteiger partial charge in [0, 0.05) is 38.8 Å². The standard InChI is InChI=1S/C23H29FN4O3S.2ClH/c1-23(2,29)22-19(14-16-7-9-18(10-8-16)32(30,31)27(3)4)21-20(6-5-13-26-21)28(22)15-17(24)11-12-25;;/h5-11,13,29H,12,14-15,25H2,1-4H3;2*1H/b17-11-;;. The van der Waals surface area contributed by atoms with Crippen LogP contribution in [0.3, 0.4) is 0 Å². The molecule has 3 rings (SSSR count). The molecule has 0 amide bonds. The van der Waals surface area contributed by atoms with E-state index in [2.05, 4.69) is 4.98 Å². The van der Waals surface area contributed by atoms with Crippen LogP contribution >= 0.6 is 24.8 Å². The number of halogens is 3. The van der Waals surface area contributed by atoms with Crippen molar-refractivity contribution in [2.45, 2.75) is 37.3 Å². The molecule has 11 heteroatoms. The van der Waals surface area contributed by atoms with Gasteiger partial charge in [0.1, 0.15) is 5.83 Å². The van der Waals surface area contributed by atoms with Gasteiger partial charge in [-0.3, -0.25) is 4.98 Å². The van der Waals surface area contributed by atoms with Gasteiger partial charge in [-0.1, -0.05) is 12.1 Å². The summed E-state index contributed by atoms with van der Waals surface area (Å²) in [5, 5.41) is 11.0. The molecular weight excluding hydrogens is 502 g/mol. The Morgan fingerprint density at radius 3 is 2.35 bits per heavy atom. The molecule has 7 nitrogen and oxygen atoms in total. The zero-order chi connectivity index (χ0) is 23.7. The zero-order valence-electron chi connectivity index (χ0n) is 19.5. The van der Waals surface area contributed by atoms with Crippen molar-refractivity contribution in [3.63, 3.8) is 0 Å². The van der Waals surface area contributed by atoms with E-state index in [1.54, 1.807) is 54.9 Å². The molecule has 3 aromatic rings. The quantitative estimate of drug-likeness (QED) is 0.459. The van der Waals surface area contributed by atoms with Gasteiger partial charge in [0.15, 0.2) is 0 Å². The minimum Gasteiger partial charge on any atom is -0.384 e. The van der Waals surface area contributed by atoms with Crippen molar-refractivity contribution in [1.82, 2.24) is 13.9 Å². The van der Waals surface area contributed by atoms with Crippen LogP contribution in [-0.2, 0) is 28.6 Å². The van der Waals surface area contributed by atoms with E-state index in [0.29, 0.717) is 23.1 Å². The van der Waals surface area contributed by atoms with Gasteiger partial charge in [-0.2, -0.15) is 0 Å². The van der Waals surface area contributed by atoms with E-state index in [0.717, 1.165) is 15.4 Å². The number of nitrogens with zero attached hydrogens (tertiary/aromatic N) is 3. The minimum absolute atomic E-state index is 0. The van der Waals surface area contributed by atoms with Crippen LogP contribution < -0.4 is 5.73 Å². The Kier molecular flexibility index (Phi) is 10.3. The number of sulfonamides is 1. The summed E-state index contributed by atoms with van der Waals surface area (Å²) in [5.41, 5.74) is 7.70. The number of benzene rings is 1. The Balaban J connectivity index is 0.00000289. The Morgan fingerprint density at radius 1 is 1.21 bits per heavy atom. The molecule has 1 aromatic carbocycles. The Hall–Kier alpha value is -2.01. The molecule has 0 saturated heterocycles. The highest BCUT2D eigenvalue weighted by molar-refractivity contribution is 7.89. The van der Waals surface area contributed by atoms with E-state index < -0.39 is 21.5 Å². The highest BCUT2D eigenvalue weighted by Gasteiger charge is 2.29. The van der Waals surface area contributed by atoms with Gasteiger partial charge in [-0.15, -0.1) is 24.8 Å². The molecule has 0 fully saturated rings. The summed E-state index contributed by atoms with van der Waals surface area (Å²) in [5.74, 6) is -0.399. The summed E-state index contributed by atoms with van der Waals surface area (Å²) in [6.07, 6.45) is 3.35. The lowest BCUT2D eigenvalue weighted by Crippen LogP contribution is -2.23. The van der Waals surface area contributed by atoms with Gasteiger partial charge >= 0.3 is 0 Å². The summed E-state index contributed by atoms with van der Waals surface area (Å²) in [6.45, 7) is 3.31. The van der Waals surface area contributed by atoms with Crippen molar-refractivity contribution in [3.8, 4) is 0 Å². The Labute approximate surface area is 212 Å². The van der Waals surface area contributed by atoms with Crippen molar-refractivity contribution < 1.29 is 17.9 Å². The lowest BCUT2D eigenvalue weighted by molar-refractivity contribution is 0.0694. The summed E-state index contributed by atoms with van der Waals surface area (Å²) < 4.78 is 42.0. The molecule has 0 radical (unpaired) electrons. The number of hydrogen-bond acceptors (Lipinski definition) is 5. The number of fused-ring (bicyclic) bond motifs is 1. The van der Waals surface area contributed by atoms with Crippen LogP contribution in [0.1, 0.15) is 30.7 Å². The molecule has 34 heavy (non-hydrogen) atoms. The molecule has 0 atom stereocenters. The first-order valence-electron chi connectivity index (χ1n) is 10.2. The van der Waals surface area contributed by atoms with Crippen molar-refractivity contribution >= 4 is 45.9 Å². The fourth-order valence-electron chi connectivity index (χ4n) is 3.81. The monoisotopic (exact) mass is 532 g/mol. The van der Waals surface area contributed by atoms with Crippen LogP contribution in [0.2, 0.25) is 0 Å². The van der Waals surface area contributed by atoms with Crippen LogP contribution in [0.5, 0.6) is 0 Å². The average molecular weight is 533 g/mol. The van der Waals surface area contributed by atoms with Crippen LogP contribution in [-0.4, -0.2) is 48.0 Å². The van der Waals surface area contributed by atoms with Crippen molar-refractivity contribution in [2.24, 2.45) is 5.73 Å². The second-order valence-electron chi connectivity index (χ2n) is 8.34. The van der Waals surface area contributed by atoms with Crippen LogP contribution in [0.4, 0.5) is 4.39 Å². The first-order valence-corrected chi connectivity index (χ1v) is 11.7. The van der Waals surface area contributed by atoms with E-state index in [-0.39, 0.29) is 42.8 Å². The number of rotatable bonds is 8. The molecule has 188 valence electrons. The normalized spacial score (nSPS) is 12.5. The maximum absolute atomic E-state index is 14.4. The lowest BCUT2D eigenvalue weighted by Gasteiger charge is -2.23. The molecule has 0 aliphatic carbocycles. The summed E-state index contributed by atoms with van der Waals surface area (Å²) in [4.78, 5) is 4.70. The molecule has 0 saturated carbocycles. The summed E-state index contributed by atoms with van der Waals surface area (Å²) >= 11 is 0. The fourth-order valence-corrected chi connectivity index (χ4v) is 4.71. The third-order valence-corrected chi connectivity index (χ3v) is 7.06. The van der Waals surface area contributed by atoms with Crippen molar-refractivity contribution in [1.29, 1.82) is 0 Å². The van der Waals surface area contributed by atoms with E-state index in [4.69, 9.17) is 5.73 Å². The molecular formula is C23H31Cl2FN4O3S. The number of pyridine rings is 1. The number of aliphatic hydroxyl groups is 1. The molecule has 0 aliphatic heterocycles. The minimum atomic E-state index is -3.53. The van der Waals surface area contributed by atoms with E-state index in [1.165, 1.54) is 20.2 Å². The smallest absolute Gasteiger partial charge is 0.242 e. The SMILES string of the molecule is CN(C)S(=O)(=O)c1ccc(Cc2c(C(C)(C)O)n(C/C(F)=C/CN)c3cccnc23)cc1.Cl.Cl. The van der Waals surface area contributed by atoms with Gasteiger partial charge in [-0.25, -0.2) is 17.1 Å². The second-order valence-corrected chi connectivity index (χ2v) is 10.5. The molecule has 2 aromatic heterocycles. The average Bonchev–Trinajstić information content (AvgIpc) is 3.02. The Morgan fingerprint density at radius 2 is 1.82 bits per heavy atom. The number of hydrogen-bond donors (Lipinski definition) is 2. The highest BCUT2D eigenvalue weighted by atomic mass is 35.5. The highest BCUT2D eigenvalue weighted by Crippen LogP contribution is 2.35. The molecule has 0 aliphatic rings. The molecule has 2 heterocycles. The number of nitrogens with two attached hydrogens (primary N) is 1. The summed E-state index contributed by atoms with van der Waals surface area (Å²) in [7, 11) is -0.561. The van der Waals surface area contributed by atoms with Crippen LogP contribution in [0.25, 0.3) is 11.0 Å². The lowest BCUT2D eigenvalue weighted by atomic mass is 9.96. The Bertz CT molecular complexity index is 1250. The van der Waals surface area contributed by atoms with Crippen LogP contribution in [0, 0.1) is 0 Å². The van der Waals surface area contributed by atoms with Gasteiger partial charge in [0.2, 0.25) is 10.0 Å². The number of aromatic nitrogens is 2. The third kappa shape index (κ3) is 6.16. The van der Waals surface area contributed by atoms with Gasteiger partial charge in [-0.05, 0) is 49.8 Å². The van der Waals surface area contributed by atoms with Gasteiger partial charge < -0.3 is 15.4 Å². The maximum Gasteiger partial charge on any atom is 0.242 e. The van der Waals surface area contributed by atoms with Crippen molar-refractivity contribution in [2.75, 3.05) is 20.6 Å². The molecule has 0 bridgehead atoms. The molecule has 3 N–H and O–H groups in total. The predicted octanol–water partition coefficient (Wildman–Crippen LogP) is 3.76. The first kappa shape index (κ1) is 30.0.